The molecule has 1 aliphatic rings. The van der Waals surface area contributed by atoms with Gasteiger partial charge in [0.15, 0.2) is 0 Å². The van der Waals surface area contributed by atoms with Gasteiger partial charge in [0.2, 0.25) is 5.91 Å². The quantitative estimate of drug-likeness (QED) is 0.730. The van der Waals surface area contributed by atoms with Crippen molar-refractivity contribution in [3.63, 3.8) is 0 Å². The summed E-state index contributed by atoms with van der Waals surface area (Å²) in [6, 6.07) is 13.1. The summed E-state index contributed by atoms with van der Waals surface area (Å²) in [5, 5.41) is 5.35. The minimum atomic E-state index is -0.267. The number of hydrogen-bond donors (Lipinski definition) is 2. The molecular formula is C18H14N2O2. The van der Waals surface area contributed by atoms with Gasteiger partial charge >= 0.3 is 0 Å². The van der Waals surface area contributed by atoms with Crippen molar-refractivity contribution < 1.29 is 9.59 Å². The summed E-state index contributed by atoms with van der Waals surface area (Å²) in [7, 11) is 0. The maximum Gasteiger partial charge on any atom is 0.253 e. The number of carbonyl (C=O) groups excluding carboxylic acids is 2. The molecule has 0 saturated carbocycles. The predicted octanol–water partition coefficient (Wildman–Crippen LogP) is 2.08. The predicted molar refractivity (Wildman–Crippen MR) is 84.6 cm³/mol. The third-order valence-corrected chi connectivity index (χ3v) is 3.44. The lowest BCUT2D eigenvalue weighted by molar-refractivity contribution is -0.115. The van der Waals surface area contributed by atoms with Gasteiger partial charge < -0.3 is 10.6 Å². The fourth-order valence-corrected chi connectivity index (χ4v) is 2.28. The molecule has 108 valence electrons. The van der Waals surface area contributed by atoms with Gasteiger partial charge in [0, 0.05) is 5.56 Å². The van der Waals surface area contributed by atoms with Crippen LogP contribution in [0.1, 0.15) is 27.0 Å². The topological polar surface area (TPSA) is 58.2 Å². The van der Waals surface area contributed by atoms with Crippen LogP contribution in [-0.4, -0.2) is 18.4 Å². The van der Waals surface area contributed by atoms with Crippen LogP contribution in [0.25, 0.3) is 0 Å². The summed E-state index contributed by atoms with van der Waals surface area (Å²) in [5.41, 5.74) is 3.39. The van der Waals surface area contributed by atoms with Gasteiger partial charge in [0.1, 0.15) is 0 Å². The van der Waals surface area contributed by atoms with E-state index in [1.807, 2.05) is 43.3 Å². The number of anilines is 1. The lowest BCUT2D eigenvalue weighted by Gasteiger charge is -2.10. The zero-order valence-corrected chi connectivity index (χ0v) is 12.1. The van der Waals surface area contributed by atoms with E-state index in [0.717, 1.165) is 11.1 Å². The Morgan fingerprint density at radius 2 is 1.77 bits per heavy atom. The van der Waals surface area contributed by atoms with Crippen LogP contribution in [0.3, 0.4) is 0 Å². The van der Waals surface area contributed by atoms with Gasteiger partial charge in [-0.3, -0.25) is 9.59 Å². The molecule has 1 heterocycles. The molecule has 2 aromatic carbocycles. The number of amides is 2. The van der Waals surface area contributed by atoms with Gasteiger partial charge in [-0.25, -0.2) is 0 Å². The average molecular weight is 290 g/mol. The van der Waals surface area contributed by atoms with Crippen LogP contribution in [0.15, 0.2) is 42.5 Å². The SMILES string of the molecule is Cc1ccc2c(c1C#Cc1ccccc1)NC(=O)CNC2=O. The van der Waals surface area contributed by atoms with E-state index in [0.29, 0.717) is 16.8 Å². The summed E-state index contributed by atoms with van der Waals surface area (Å²) >= 11 is 0. The number of benzene rings is 2. The van der Waals surface area contributed by atoms with Crippen molar-refractivity contribution in [2.75, 3.05) is 11.9 Å². The van der Waals surface area contributed by atoms with E-state index in [-0.39, 0.29) is 18.4 Å². The van der Waals surface area contributed by atoms with Crippen molar-refractivity contribution >= 4 is 17.5 Å². The Hall–Kier alpha value is -3.06. The first-order valence-electron chi connectivity index (χ1n) is 6.94. The second kappa shape index (κ2) is 5.74. The summed E-state index contributed by atoms with van der Waals surface area (Å²) in [4.78, 5) is 23.8. The fourth-order valence-electron chi connectivity index (χ4n) is 2.28. The molecule has 0 aromatic heterocycles. The smallest absolute Gasteiger partial charge is 0.253 e. The molecule has 0 fully saturated rings. The molecule has 0 aliphatic carbocycles. The molecule has 3 rings (SSSR count). The fraction of sp³-hybridized carbons (Fsp3) is 0.111. The number of aryl methyl sites for hydroxylation is 1. The highest BCUT2D eigenvalue weighted by Gasteiger charge is 2.21. The molecule has 0 spiro atoms. The van der Waals surface area contributed by atoms with Crippen LogP contribution in [0.4, 0.5) is 5.69 Å². The van der Waals surface area contributed by atoms with Gasteiger partial charge in [0.05, 0.1) is 23.4 Å². The van der Waals surface area contributed by atoms with Crippen LogP contribution in [-0.2, 0) is 4.79 Å². The molecule has 0 unspecified atom stereocenters. The van der Waals surface area contributed by atoms with E-state index < -0.39 is 0 Å². The Kier molecular flexibility index (Phi) is 3.63. The zero-order valence-electron chi connectivity index (χ0n) is 12.1. The highest BCUT2D eigenvalue weighted by molar-refractivity contribution is 6.09. The molecule has 0 bridgehead atoms. The molecule has 22 heavy (non-hydrogen) atoms. The van der Waals surface area contributed by atoms with Crippen molar-refractivity contribution in [1.29, 1.82) is 0 Å². The average Bonchev–Trinajstić information content (AvgIpc) is 2.67. The first-order valence-corrected chi connectivity index (χ1v) is 6.94. The van der Waals surface area contributed by atoms with Crippen molar-refractivity contribution in [2.24, 2.45) is 0 Å². The van der Waals surface area contributed by atoms with E-state index in [9.17, 15) is 9.59 Å². The van der Waals surface area contributed by atoms with E-state index in [4.69, 9.17) is 0 Å². The third-order valence-electron chi connectivity index (χ3n) is 3.44. The van der Waals surface area contributed by atoms with Gasteiger partial charge in [-0.05, 0) is 30.7 Å². The second-order valence-electron chi connectivity index (χ2n) is 5.03. The van der Waals surface area contributed by atoms with Gasteiger partial charge in [-0.15, -0.1) is 0 Å². The number of nitrogens with one attached hydrogen (secondary N) is 2. The van der Waals surface area contributed by atoms with Gasteiger partial charge in [-0.2, -0.15) is 0 Å². The molecule has 2 aromatic rings. The number of fused-ring (bicyclic) bond motifs is 1. The number of hydrogen-bond acceptors (Lipinski definition) is 2. The van der Waals surface area contributed by atoms with Crippen LogP contribution >= 0.6 is 0 Å². The van der Waals surface area contributed by atoms with Crippen LogP contribution in [0.5, 0.6) is 0 Å². The molecule has 2 amide bonds. The van der Waals surface area contributed by atoms with Crippen molar-refractivity contribution in [2.45, 2.75) is 6.92 Å². The Labute approximate surface area is 128 Å². The normalized spacial score (nSPS) is 13.1. The third kappa shape index (κ3) is 2.70. The summed E-state index contributed by atoms with van der Waals surface area (Å²) in [5.74, 6) is 5.63. The molecule has 0 radical (unpaired) electrons. The minimum absolute atomic E-state index is 0.0296. The Balaban J connectivity index is 2.12. The van der Waals surface area contributed by atoms with E-state index in [1.54, 1.807) is 6.07 Å². The molecule has 0 saturated heterocycles. The highest BCUT2D eigenvalue weighted by Crippen LogP contribution is 2.25. The molecule has 4 nitrogen and oxygen atoms in total. The lowest BCUT2D eigenvalue weighted by atomic mass is 10.0. The minimum Gasteiger partial charge on any atom is -0.343 e. The Morgan fingerprint density at radius 1 is 1.00 bits per heavy atom. The molecule has 1 aliphatic heterocycles. The first-order chi connectivity index (χ1) is 10.6. The molecule has 0 atom stereocenters. The summed E-state index contributed by atoms with van der Waals surface area (Å²) in [6.45, 7) is 1.88. The Morgan fingerprint density at radius 3 is 2.55 bits per heavy atom. The monoisotopic (exact) mass is 290 g/mol. The number of rotatable bonds is 0. The van der Waals surface area contributed by atoms with Gasteiger partial charge in [0.25, 0.3) is 5.91 Å². The molecule has 2 N–H and O–H groups in total. The summed E-state index contributed by atoms with van der Waals surface area (Å²) < 4.78 is 0. The van der Waals surface area contributed by atoms with Crippen molar-refractivity contribution in [3.8, 4) is 11.8 Å². The molecule has 4 heteroatoms. The summed E-state index contributed by atoms with van der Waals surface area (Å²) in [6.07, 6.45) is 0. The van der Waals surface area contributed by atoms with Crippen LogP contribution in [0, 0.1) is 18.8 Å². The maximum atomic E-state index is 12.0. The van der Waals surface area contributed by atoms with Crippen molar-refractivity contribution in [3.05, 3.63) is 64.7 Å². The van der Waals surface area contributed by atoms with E-state index in [1.165, 1.54) is 0 Å². The maximum absolute atomic E-state index is 12.0. The number of carbonyl (C=O) groups is 2. The Bertz CT molecular complexity index is 814. The van der Waals surface area contributed by atoms with E-state index in [2.05, 4.69) is 22.5 Å². The lowest BCUT2D eigenvalue weighted by Crippen LogP contribution is -2.28. The standard InChI is InChI=1S/C18H14N2O2/c1-12-7-9-15-17(20-16(21)11-19-18(15)22)14(12)10-8-13-5-3-2-4-6-13/h2-7,9H,11H2,1H3,(H,19,22)(H,20,21). The van der Waals surface area contributed by atoms with Crippen molar-refractivity contribution in [1.82, 2.24) is 5.32 Å². The highest BCUT2D eigenvalue weighted by atomic mass is 16.2. The van der Waals surface area contributed by atoms with Gasteiger partial charge in [-0.1, -0.05) is 36.1 Å². The largest absolute Gasteiger partial charge is 0.343 e. The second-order valence-corrected chi connectivity index (χ2v) is 5.03. The van der Waals surface area contributed by atoms with Crippen LogP contribution < -0.4 is 10.6 Å². The zero-order chi connectivity index (χ0) is 15.5. The van der Waals surface area contributed by atoms with Crippen LogP contribution in [0.2, 0.25) is 0 Å². The van der Waals surface area contributed by atoms with E-state index >= 15 is 0 Å². The molecular weight excluding hydrogens is 276 g/mol. The first kappa shape index (κ1) is 13.9.